The largest absolute Gasteiger partial charge is 0.482 e. The van der Waals surface area contributed by atoms with Crippen molar-refractivity contribution in [1.29, 1.82) is 5.26 Å². The van der Waals surface area contributed by atoms with Gasteiger partial charge in [-0.15, -0.1) is 0 Å². The van der Waals surface area contributed by atoms with Gasteiger partial charge < -0.3 is 9.26 Å². The molecule has 0 fully saturated rings. The summed E-state index contributed by atoms with van der Waals surface area (Å²) >= 11 is 5.82. The first-order valence-corrected chi connectivity index (χ1v) is 5.18. The number of aryl methyl sites for hydroxylation is 1. The van der Waals surface area contributed by atoms with Crippen LogP contribution in [0.25, 0.3) is 0 Å². The van der Waals surface area contributed by atoms with Crippen molar-refractivity contribution in [3.8, 4) is 11.8 Å². The van der Waals surface area contributed by atoms with Gasteiger partial charge in [-0.2, -0.15) is 10.2 Å². The van der Waals surface area contributed by atoms with Crippen molar-refractivity contribution in [2.45, 2.75) is 13.5 Å². The summed E-state index contributed by atoms with van der Waals surface area (Å²) in [6, 6.07) is 6.81. The minimum atomic E-state index is 0.107. The van der Waals surface area contributed by atoms with Gasteiger partial charge in [-0.25, -0.2) is 0 Å². The van der Waals surface area contributed by atoms with Gasteiger partial charge in [0.1, 0.15) is 11.8 Å². The Labute approximate surface area is 103 Å². The second-order valence-electron chi connectivity index (χ2n) is 3.28. The van der Waals surface area contributed by atoms with E-state index >= 15 is 0 Å². The summed E-state index contributed by atoms with van der Waals surface area (Å²) in [6.45, 7) is 1.82. The molecule has 0 aliphatic rings. The number of benzene rings is 1. The molecule has 0 atom stereocenters. The number of nitrogens with zero attached hydrogens (tertiary/aromatic N) is 3. The van der Waals surface area contributed by atoms with Crippen LogP contribution in [0.5, 0.6) is 5.75 Å². The number of hydrogen-bond acceptors (Lipinski definition) is 5. The van der Waals surface area contributed by atoms with E-state index in [1.54, 1.807) is 25.1 Å². The molecule has 0 radical (unpaired) electrons. The Kier molecular flexibility index (Phi) is 3.26. The molecular weight excluding hydrogens is 242 g/mol. The van der Waals surface area contributed by atoms with E-state index in [4.69, 9.17) is 26.1 Å². The number of rotatable bonds is 3. The monoisotopic (exact) mass is 249 g/mol. The van der Waals surface area contributed by atoms with Crippen LogP contribution in [0.3, 0.4) is 0 Å². The highest BCUT2D eigenvalue weighted by Gasteiger charge is 2.07. The second kappa shape index (κ2) is 4.85. The van der Waals surface area contributed by atoms with Crippen molar-refractivity contribution >= 4 is 11.6 Å². The van der Waals surface area contributed by atoms with Gasteiger partial charge in [-0.1, -0.05) is 16.8 Å². The maximum absolute atomic E-state index is 8.89. The maximum Gasteiger partial charge on any atom is 0.264 e. The van der Waals surface area contributed by atoms with E-state index in [0.717, 1.165) is 0 Å². The fourth-order valence-corrected chi connectivity index (χ4v) is 1.41. The molecule has 1 heterocycles. The fraction of sp³-hybridized carbons (Fsp3) is 0.182. The zero-order valence-electron chi connectivity index (χ0n) is 8.98. The molecule has 6 heteroatoms. The molecule has 86 valence electrons. The van der Waals surface area contributed by atoms with Gasteiger partial charge in [0.2, 0.25) is 0 Å². The summed E-state index contributed by atoms with van der Waals surface area (Å²) in [5.41, 5.74) is 0.408. The van der Waals surface area contributed by atoms with Crippen molar-refractivity contribution in [2.75, 3.05) is 0 Å². The van der Waals surface area contributed by atoms with Crippen LogP contribution in [0.1, 0.15) is 17.3 Å². The van der Waals surface area contributed by atoms with Crippen LogP contribution >= 0.6 is 11.6 Å². The first-order valence-electron chi connectivity index (χ1n) is 4.80. The van der Waals surface area contributed by atoms with E-state index in [1.165, 1.54) is 0 Å². The second-order valence-corrected chi connectivity index (χ2v) is 3.71. The average Bonchev–Trinajstić information content (AvgIpc) is 2.73. The standard InChI is InChI=1S/C11H8ClN3O2/c1-7-14-11(17-15-7)6-16-10-4-9(12)3-2-8(10)5-13/h2-4H,6H2,1H3. The van der Waals surface area contributed by atoms with Crippen LogP contribution in [0.4, 0.5) is 0 Å². The smallest absolute Gasteiger partial charge is 0.264 e. The summed E-state index contributed by atoms with van der Waals surface area (Å²) in [5, 5.41) is 13.0. The molecule has 0 bridgehead atoms. The molecule has 17 heavy (non-hydrogen) atoms. The Hall–Kier alpha value is -2.06. The molecule has 0 spiro atoms. The van der Waals surface area contributed by atoms with Crippen LogP contribution in [-0.2, 0) is 6.61 Å². The van der Waals surface area contributed by atoms with Crippen LogP contribution in [-0.4, -0.2) is 10.1 Å². The van der Waals surface area contributed by atoms with Gasteiger partial charge in [-0.3, -0.25) is 0 Å². The minimum absolute atomic E-state index is 0.107. The quantitative estimate of drug-likeness (QED) is 0.836. The molecule has 1 aromatic carbocycles. The van der Waals surface area contributed by atoms with Crippen LogP contribution in [0.2, 0.25) is 5.02 Å². The number of ether oxygens (including phenoxy) is 1. The van der Waals surface area contributed by atoms with E-state index in [0.29, 0.717) is 28.1 Å². The van der Waals surface area contributed by atoms with Crippen molar-refractivity contribution in [3.05, 3.63) is 40.5 Å². The van der Waals surface area contributed by atoms with E-state index in [2.05, 4.69) is 10.1 Å². The topological polar surface area (TPSA) is 71.9 Å². The predicted octanol–water partition coefficient (Wildman–Crippen LogP) is 2.48. The van der Waals surface area contributed by atoms with Crippen molar-refractivity contribution < 1.29 is 9.26 Å². The summed E-state index contributed by atoms with van der Waals surface area (Å²) in [7, 11) is 0. The predicted molar refractivity (Wildman–Crippen MR) is 59.5 cm³/mol. The lowest BCUT2D eigenvalue weighted by molar-refractivity contribution is 0.242. The zero-order chi connectivity index (χ0) is 12.3. The normalized spacial score (nSPS) is 9.94. The van der Waals surface area contributed by atoms with E-state index < -0.39 is 0 Å². The minimum Gasteiger partial charge on any atom is -0.482 e. The molecule has 0 unspecified atom stereocenters. The third kappa shape index (κ3) is 2.74. The number of nitriles is 1. The van der Waals surface area contributed by atoms with Gasteiger partial charge in [0.05, 0.1) is 5.56 Å². The zero-order valence-corrected chi connectivity index (χ0v) is 9.73. The lowest BCUT2D eigenvalue weighted by Crippen LogP contribution is -1.97. The summed E-state index contributed by atoms with van der Waals surface area (Å²) in [4.78, 5) is 3.98. The molecule has 0 N–H and O–H groups in total. The average molecular weight is 250 g/mol. The highest BCUT2D eigenvalue weighted by Crippen LogP contribution is 2.23. The third-order valence-corrected chi connectivity index (χ3v) is 2.22. The highest BCUT2D eigenvalue weighted by atomic mass is 35.5. The van der Waals surface area contributed by atoms with Gasteiger partial charge in [0.25, 0.3) is 5.89 Å². The van der Waals surface area contributed by atoms with Crippen molar-refractivity contribution in [3.63, 3.8) is 0 Å². The number of aromatic nitrogens is 2. The Morgan fingerprint density at radius 1 is 1.53 bits per heavy atom. The fourth-order valence-electron chi connectivity index (χ4n) is 1.25. The lowest BCUT2D eigenvalue weighted by atomic mass is 10.2. The van der Waals surface area contributed by atoms with Crippen LogP contribution in [0.15, 0.2) is 22.7 Å². The molecule has 0 saturated carbocycles. The Balaban J connectivity index is 2.13. The first-order chi connectivity index (χ1) is 8.19. The van der Waals surface area contributed by atoms with E-state index in [9.17, 15) is 0 Å². The summed E-state index contributed by atoms with van der Waals surface area (Å²) in [5.74, 6) is 1.29. The molecule has 2 rings (SSSR count). The lowest BCUT2D eigenvalue weighted by Gasteiger charge is -2.05. The molecule has 1 aromatic heterocycles. The van der Waals surface area contributed by atoms with Crippen molar-refractivity contribution in [1.82, 2.24) is 10.1 Å². The first kappa shape index (κ1) is 11.4. The van der Waals surface area contributed by atoms with Crippen LogP contribution in [0, 0.1) is 18.3 Å². The van der Waals surface area contributed by atoms with Gasteiger partial charge in [0, 0.05) is 11.1 Å². The van der Waals surface area contributed by atoms with Gasteiger partial charge in [0.15, 0.2) is 12.4 Å². The summed E-state index contributed by atoms with van der Waals surface area (Å²) < 4.78 is 10.3. The Morgan fingerprint density at radius 2 is 2.35 bits per heavy atom. The van der Waals surface area contributed by atoms with Gasteiger partial charge in [-0.05, 0) is 19.1 Å². The Bertz CT molecular complexity index is 574. The molecule has 2 aromatic rings. The molecule has 5 nitrogen and oxygen atoms in total. The molecule has 0 aliphatic carbocycles. The highest BCUT2D eigenvalue weighted by molar-refractivity contribution is 6.30. The molecular formula is C11H8ClN3O2. The van der Waals surface area contributed by atoms with E-state index in [1.807, 2.05) is 6.07 Å². The van der Waals surface area contributed by atoms with Crippen molar-refractivity contribution in [2.24, 2.45) is 0 Å². The third-order valence-electron chi connectivity index (χ3n) is 1.98. The number of hydrogen-bond donors (Lipinski definition) is 0. The van der Waals surface area contributed by atoms with E-state index in [-0.39, 0.29) is 6.61 Å². The SMILES string of the molecule is Cc1noc(COc2cc(Cl)ccc2C#N)n1. The van der Waals surface area contributed by atoms with Crippen LogP contribution < -0.4 is 4.74 Å². The molecule has 0 amide bonds. The summed E-state index contributed by atoms with van der Waals surface area (Å²) in [6.07, 6.45) is 0. The Morgan fingerprint density at radius 3 is 3.00 bits per heavy atom. The molecule has 0 aliphatic heterocycles. The van der Waals surface area contributed by atoms with Gasteiger partial charge >= 0.3 is 0 Å². The number of halogens is 1. The maximum atomic E-state index is 8.89. The molecule has 0 saturated heterocycles.